The van der Waals surface area contributed by atoms with Crippen LogP contribution in [0.1, 0.15) is 44.6 Å². The second-order valence-corrected chi connectivity index (χ2v) is 9.37. The van der Waals surface area contributed by atoms with Crippen molar-refractivity contribution in [3.63, 3.8) is 0 Å². The van der Waals surface area contributed by atoms with Gasteiger partial charge in [-0.15, -0.1) is 0 Å². The number of benzene rings is 2. The number of piperidine rings is 1. The predicted molar refractivity (Wildman–Crippen MR) is 120 cm³/mol. The van der Waals surface area contributed by atoms with Gasteiger partial charge in [-0.25, -0.2) is 4.98 Å². The molecule has 7 heteroatoms. The highest BCUT2D eigenvalue weighted by Gasteiger charge is 2.37. The van der Waals surface area contributed by atoms with Crippen LogP contribution in [0.5, 0.6) is 0 Å². The zero-order valence-corrected chi connectivity index (χ0v) is 18.6. The molecule has 1 fully saturated rings. The molecule has 0 radical (unpaired) electrons. The van der Waals surface area contributed by atoms with Crippen molar-refractivity contribution in [2.75, 3.05) is 31.2 Å². The first-order chi connectivity index (χ1) is 14.6. The standard InChI is InChI=1S/C23H29N2O4P/c1-3-27-30(26,28-4-2)22-23(25-15-8-5-9-16-25)29-21(24-22)17-19-13-10-12-18-11-6-7-14-20(18)19/h6-7,10-14H,3-5,8-9,15-17H2,1-2H3. The van der Waals surface area contributed by atoms with Crippen molar-refractivity contribution in [3.8, 4) is 0 Å². The summed E-state index contributed by atoms with van der Waals surface area (Å²) < 4.78 is 31.0. The maximum atomic E-state index is 13.6. The summed E-state index contributed by atoms with van der Waals surface area (Å²) in [5.74, 6) is 1.07. The van der Waals surface area contributed by atoms with Crippen LogP contribution in [0, 0.1) is 0 Å². The van der Waals surface area contributed by atoms with Crippen molar-refractivity contribution in [2.45, 2.75) is 39.5 Å². The van der Waals surface area contributed by atoms with E-state index >= 15 is 0 Å². The fourth-order valence-corrected chi connectivity index (χ4v) is 5.67. The Kier molecular flexibility index (Phi) is 6.57. The van der Waals surface area contributed by atoms with Gasteiger partial charge in [0.05, 0.1) is 19.6 Å². The van der Waals surface area contributed by atoms with Crippen molar-refractivity contribution < 1.29 is 18.0 Å². The molecule has 3 aromatic rings. The van der Waals surface area contributed by atoms with Gasteiger partial charge in [0.25, 0.3) is 0 Å². The van der Waals surface area contributed by atoms with Crippen molar-refractivity contribution in [1.82, 2.24) is 4.98 Å². The number of hydrogen-bond acceptors (Lipinski definition) is 6. The normalized spacial score (nSPS) is 15.1. The number of rotatable bonds is 8. The van der Waals surface area contributed by atoms with Gasteiger partial charge in [-0.05, 0) is 49.4 Å². The first-order valence-electron chi connectivity index (χ1n) is 10.8. The van der Waals surface area contributed by atoms with E-state index in [4.69, 9.17) is 13.5 Å². The largest absolute Gasteiger partial charge is 0.424 e. The molecule has 30 heavy (non-hydrogen) atoms. The first-order valence-corrected chi connectivity index (χ1v) is 12.3. The Labute approximate surface area is 177 Å². The van der Waals surface area contributed by atoms with E-state index in [1.165, 1.54) is 11.8 Å². The van der Waals surface area contributed by atoms with Crippen LogP contribution in [0.2, 0.25) is 0 Å². The van der Waals surface area contributed by atoms with Gasteiger partial charge in [-0.3, -0.25) is 4.57 Å². The summed E-state index contributed by atoms with van der Waals surface area (Å²) in [6.07, 6.45) is 3.86. The van der Waals surface area contributed by atoms with Crippen molar-refractivity contribution in [3.05, 3.63) is 53.9 Å². The van der Waals surface area contributed by atoms with Crippen LogP contribution in [0.25, 0.3) is 10.8 Å². The third-order valence-corrected chi connectivity index (χ3v) is 7.37. The zero-order valence-electron chi connectivity index (χ0n) is 17.7. The lowest BCUT2D eigenvalue weighted by Crippen LogP contribution is -2.33. The molecule has 1 aliphatic rings. The zero-order chi connectivity index (χ0) is 21.0. The van der Waals surface area contributed by atoms with Crippen LogP contribution in [0.4, 0.5) is 5.88 Å². The second-order valence-electron chi connectivity index (χ2n) is 7.43. The van der Waals surface area contributed by atoms with Gasteiger partial charge in [0.2, 0.25) is 17.2 Å². The van der Waals surface area contributed by atoms with Gasteiger partial charge in [0.15, 0.2) is 0 Å². The molecule has 0 aliphatic carbocycles. The van der Waals surface area contributed by atoms with Gasteiger partial charge >= 0.3 is 7.60 Å². The van der Waals surface area contributed by atoms with E-state index in [1.807, 2.05) is 32.0 Å². The highest BCUT2D eigenvalue weighted by atomic mass is 31.2. The third kappa shape index (κ3) is 4.31. The molecule has 4 rings (SSSR count). The van der Waals surface area contributed by atoms with E-state index in [0.717, 1.165) is 36.9 Å². The number of fused-ring (bicyclic) bond motifs is 1. The van der Waals surface area contributed by atoms with Crippen molar-refractivity contribution in [2.24, 2.45) is 0 Å². The Morgan fingerprint density at radius 1 is 1.00 bits per heavy atom. The summed E-state index contributed by atoms with van der Waals surface area (Å²) in [5.41, 5.74) is 1.43. The molecule has 1 aromatic heterocycles. The maximum absolute atomic E-state index is 13.6. The van der Waals surface area contributed by atoms with Crippen LogP contribution in [0.3, 0.4) is 0 Å². The fourth-order valence-electron chi connectivity index (χ4n) is 4.01. The molecule has 0 atom stereocenters. The molecule has 0 saturated carbocycles. The van der Waals surface area contributed by atoms with Crippen molar-refractivity contribution >= 4 is 29.7 Å². The van der Waals surface area contributed by atoms with Crippen LogP contribution < -0.4 is 10.3 Å². The van der Waals surface area contributed by atoms with Gasteiger partial charge in [0, 0.05) is 13.1 Å². The lowest BCUT2D eigenvalue weighted by atomic mass is 10.0. The molecule has 1 saturated heterocycles. The van der Waals surface area contributed by atoms with Gasteiger partial charge in [-0.1, -0.05) is 42.5 Å². The molecule has 0 N–H and O–H groups in total. The minimum atomic E-state index is -3.55. The minimum Gasteiger partial charge on any atom is -0.424 e. The molecular weight excluding hydrogens is 399 g/mol. The van der Waals surface area contributed by atoms with E-state index in [2.05, 4.69) is 34.1 Å². The first kappa shape index (κ1) is 21.1. The summed E-state index contributed by atoms with van der Waals surface area (Å²) in [6.45, 7) is 5.89. The van der Waals surface area contributed by atoms with Gasteiger partial charge in [0.1, 0.15) is 0 Å². The number of aromatic nitrogens is 1. The summed E-state index contributed by atoms with van der Waals surface area (Å²) in [6, 6.07) is 14.5. The molecule has 2 heterocycles. The monoisotopic (exact) mass is 428 g/mol. The SMILES string of the molecule is CCOP(=O)(OCC)c1nc(Cc2cccc3ccccc23)oc1N1CCCCC1. The van der Waals surface area contributed by atoms with Crippen LogP contribution in [0.15, 0.2) is 46.9 Å². The smallest absolute Gasteiger partial charge is 0.385 e. The average Bonchev–Trinajstić information content (AvgIpc) is 3.20. The quantitative estimate of drug-likeness (QED) is 0.454. The maximum Gasteiger partial charge on any atom is 0.385 e. The Morgan fingerprint density at radius 3 is 2.43 bits per heavy atom. The molecular formula is C23H29N2O4P. The van der Waals surface area contributed by atoms with Gasteiger partial charge in [-0.2, -0.15) is 0 Å². The lowest BCUT2D eigenvalue weighted by molar-refractivity contribution is 0.229. The molecule has 0 amide bonds. The Morgan fingerprint density at radius 2 is 1.70 bits per heavy atom. The minimum absolute atomic E-state index is 0.280. The summed E-state index contributed by atoms with van der Waals surface area (Å²) in [5, 5.41) is 2.34. The van der Waals surface area contributed by atoms with E-state index in [1.54, 1.807) is 0 Å². The van der Waals surface area contributed by atoms with E-state index in [9.17, 15) is 4.57 Å². The average molecular weight is 428 g/mol. The number of hydrogen-bond donors (Lipinski definition) is 0. The number of oxazole rings is 1. The molecule has 160 valence electrons. The topological polar surface area (TPSA) is 64.8 Å². The van der Waals surface area contributed by atoms with E-state index < -0.39 is 7.60 Å². The Balaban J connectivity index is 1.75. The Bertz CT molecular complexity index is 1030. The molecule has 2 aromatic carbocycles. The molecule has 0 bridgehead atoms. The van der Waals surface area contributed by atoms with Crippen LogP contribution in [-0.4, -0.2) is 31.3 Å². The fraction of sp³-hybridized carbons (Fsp3) is 0.435. The highest BCUT2D eigenvalue weighted by Crippen LogP contribution is 2.49. The molecule has 0 spiro atoms. The van der Waals surface area contributed by atoms with Crippen molar-refractivity contribution in [1.29, 1.82) is 0 Å². The predicted octanol–water partition coefficient (Wildman–Crippen LogP) is 5.30. The van der Waals surface area contributed by atoms with E-state index in [0.29, 0.717) is 23.6 Å². The van der Waals surface area contributed by atoms with E-state index in [-0.39, 0.29) is 13.2 Å². The Hall–Kier alpha value is -2.14. The van der Waals surface area contributed by atoms with Crippen LogP contribution >= 0.6 is 7.60 Å². The third-order valence-electron chi connectivity index (χ3n) is 5.36. The highest BCUT2D eigenvalue weighted by molar-refractivity contribution is 7.62. The molecule has 6 nitrogen and oxygen atoms in total. The number of anilines is 1. The molecule has 0 unspecified atom stereocenters. The van der Waals surface area contributed by atoms with Gasteiger partial charge < -0.3 is 18.4 Å². The number of nitrogens with zero attached hydrogens (tertiary/aromatic N) is 2. The molecule has 1 aliphatic heterocycles. The second kappa shape index (κ2) is 9.34. The summed E-state index contributed by atoms with van der Waals surface area (Å²) in [7, 11) is -3.55. The lowest BCUT2D eigenvalue weighted by Gasteiger charge is -2.27. The van der Waals surface area contributed by atoms with Crippen LogP contribution in [-0.2, 0) is 20.0 Å². The summed E-state index contributed by atoms with van der Waals surface area (Å²) >= 11 is 0. The summed E-state index contributed by atoms with van der Waals surface area (Å²) in [4.78, 5) is 6.80.